The molecule has 0 fully saturated rings. The molecule has 1 aromatic carbocycles. The number of aromatic nitrogens is 1. The molecule has 0 unspecified atom stereocenters. The Morgan fingerprint density at radius 2 is 1.96 bits per heavy atom. The van der Waals surface area contributed by atoms with E-state index in [0.717, 1.165) is 12.3 Å². The summed E-state index contributed by atoms with van der Waals surface area (Å²) in [5, 5.41) is 2.44. The number of carbonyl (C=O) groups is 1. The van der Waals surface area contributed by atoms with E-state index >= 15 is 0 Å². The van der Waals surface area contributed by atoms with Gasteiger partial charge in [0, 0.05) is 31.0 Å². The Morgan fingerprint density at radius 1 is 1.25 bits per heavy atom. The van der Waals surface area contributed by atoms with Gasteiger partial charge in [0.1, 0.15) is 21.3 Å². The summed E-state index contributed by atoms with van der Waals surface area (Å²) < 4.78 is 66.4. The average Bonchev–Trinajstić information content (AvgIpc) is 2.59. The van der Waals surface area contributed by atoms with Crippen LogP contribution in [0.15, 0.2) is 36.4 Å². The van der Waals surface area contributed by atoms with Gasteiger partial charge in [-0.3, -0.25) is 4.79 Å². The minimum Gasteiger partial charge on any atom is -0.439 e. The standard InChI is InChI=1S/C17H18F3N3O4S/c1-28(25,26)6-5-22-16(24)12-3-2-4-13(9-12)27-15-8-11(10-21)7-14(23-15)17(18,19)20/h2-4,7-9H,5-6,10,21H2,1H3,(H,22,24). The zero-order chi connectivity index (χ0) is 20.9. The molecule has 0 saturated carbocycles. The van der Waals surface area contributed by atoms with Gasteiger partial charge in [0.25, 0.3) is 5.91 Å². The number of hydrogen-bond donors (Lipinski definition) is 2. The second-order valence-corrected chi connectivity index (χ2v) is 8.18. The van der Waals surface area contributed by atoms with E-state index in [2.05, 4.69) is 10.3 Å². The topological polar surface area (TPSA) is 111 Å². The lowest BCUT2D eigenvalue weighted by atomic mass is 10.2. The van der Waals surface area contributed by atoms with E-state index < -0.39 is 27.6 Å². The van der Waals surface area contributed by atoms with Crippen molar-refractivity contribution in [2.75, 3.05) is 18.6 Å². The molecule has 0 aliphatic heterocycles. The molecule has 11 heteroatoms. The van der Waals surface area contributed by atoms with Crippen LogP contribution in [0.3, 0.4) is 0 Å². The maximum Gasteiger partial charge on any atom is 0.433 e. The van der Waals surface area contributed by atoms with Crippen LogP contribution >= 0.6 is 0 Å². The molecule has 1 heterocycles. The van der Waals surface area contributed by atoms with Crippen LogP contribution in [0.2, 0.25) is 0 Å². The number of sulfone groups is 1. The number of nitrogens with one attached hydrogen (secondary N) is 1. The number of nitrogens with zero attached hydrogens (tertiary/aromatic N) is 1. The summed E-state index contributed by atoms with van der Waals surface area (Å²) in [5.74, 6) is -0.991. The molecule has 1 aromatic heterocycles. The molecule has 1 amide bonds. The summed E-state index contributed by atoms with van der Waals surface area (Å²) in [4.78, 5) is 15.5. The number of benzene rings is 1. The summed E-state index contributed by atoms with van der Waals surface area (Å²) in [6, 6.07) is 7.77. The monoisotopic (exact) mass is 417 g/mol. The van der Waals surface area contributed by atoms with E-state index in [1.54, 1.807) is 0 Å². The van der Waals surface area contributed by atoms with Gasteiger partial charge in [-0.05, 0) is 29.8 Å². The number of alkyl halides is 3. The summed E-state index contributed by atoms with van der Waals surface area (Å²) in [7, 11) is -3.22. The maximum atomic E-state index is 12.9. The van der Waals surface area contributed by atoms with Crippen LogP contribution in [0.4, 0.5) is 13.2 Å². The third kappa shape index (κ3) is 6.50. The Bertz CT molecular complexity index is 962. The number of halogens is 3. The predicted octanol–water partition coefficient (Wildman–Crippen LogP) is 2.13. The summed E-state index contributed by atoms with van der Waals surface area (Å²) in [6.45, 7) is -0.206. The summed E-state index contributed by atoms with van der Waals surface area (Å²) in [5.41, 5.74) is 4.62. The van der Waals surface area contributed by atoms with Gasteiger partial charge in [0.2, 0.25) is 5.88 Å². The van der Waals surface area contributed by atoms with Gasteiger partial charge in [-0.2, -0.15) is 13.2 Å². The largest absolute Gasteiger partial charge is 0.439 e. The van der Waals surface area contributed by atoms with E-state index in [-0.39, 0.29) is 41.6 Å². The molecule has 2 rings (SSSR count). The van der Waals surface area contributed by atoms with Gasteiger partial charge < -0.3 is 15.8 Å². The molecular formula is C17H18F3N3O4S. The molecule has 0 atom stereocenters. The van der Waals surface area contributed by atoms with E-state index in [1.165, 1.54) is 30.3 Å². The number of amides is 1. The molecule has 7 nitrogen and oxygen atoms in total. The van der Waals surface area contributed by atoms with Crippen LogP contribution in [0.25, 0.3) is 0 Å². The molecule has 0 aliphatic carbocycles. The van der Waals surface area contributed by atoms with Gasteiger partial charge in [-0.25, -0.2) is 13.4 Å². The predicted molar refractivity (Wildman–Crippen MR) is 95.7 cm³/mol. The van der Waals surface area contributed by atoms with Crippen LogP contribution in [0.5, 0.6) is 11.6 Å². The van der Waals surface area contributed by atoms with Crippen LogP contribution < -0.4 is 15.8 Å². The van der Waals surface area contributed by atoms with Crippen molar-refractivity contribution in [3.63, 3.8) is 0 Å². The van der Waals surface area contributed by atoms with Gasteiger partial charge in [0.05, 0.1) is 5.75 Å². The first-order valence-corrected chi connectivity index (χ1v) is 10.1. The highest BCUT2D eigenvalue weighted by molar-refractivity contribution is 7.90. The SMILES string of the molecule is CS(=O)(=O)CCNC(=O)c1cccc(Oc2cc(CN)cc(C(F)(F)F)n2)c1. The normalized spacial score (nSPS) is 11.9. The zero-order valence-corrected chi connectivity index (χ0v) is 15.6. The molecule has 152 valence electrons. The third-order valence-electron chi connectivity index (χ3n) is 3.46. The molecular weight excluding hydrogens is 399 g/mol. The fraction of sp³-hybridized carbons (Fsp3) is 0.294. The highest BCUT2D eigenvalue weighted by Gasteiger charge is 2.33. The zero-order valence-electron chi connectivity index (χ0n) is 14.8. The quantitative estimate of drug-likeness (QED) is 0.714. The minimum absolute atomic E-state index is 0.0716. The summed E-state index contributed by atoms with van der Waals surface area (Å²) >= 11 is 0. The van der Waals surface area contributed by atoms with Gasteiger partial charge in [0.15, 0.2) is 0 Å². The van der Waals surface area contributed by atoms with E-state index in [4.69, 9.17) is 10.5 Å². The second kappa shape index (κ2) is 8.57. The first-order valence-electron chi connectivity index (χ1n) is 8.00. The molecule has 0 spiro atoms. The van der Waals surface area contributed by atoms with Crippen LogP contribution in [-0.2, 0) is 22.6 Å². The Labute approximate surface area is 159 Å². The number of ether oxygens (including phenoxy) is 1. The Morgan fingerprint density at radius 3 is 2.57 bits per heavy atom. The van der Waals surface area contributed by atoms with Crippen molar-refractivity contribution in [2.45, 2.75) is 12.7 Å². The van der Waals surface area contributed by atoms with E-state index in [9.17, 15) is 26.4 Å². The number of rotatable bonds is 7. The highest BCUT2D eigenvalue weighted by atomic mass is 32.2. The number of hydrogen-bond acceptors (Lipinski definition) is 6. The van der Waals surface area contributed by atoms with Crippen LogP contribution in [0, 0.1) is 0 Å². The molecule has 28 heavy (non-hydrogen) atoms. The molecule has 2 aromatic rings. The number of carbonyl (C=O) groups excluding carboxylic acids is 1. The van der Waals surface area contributed by atoms with Gasteiger partial charge in [-0.15, -0.1) is 0 Å². The number of nitrogens with two attached hydrogens (primary N) is 1. The highest BCUT2D eigenvalue weighted by Crippen LogP contribution is 2.31. The average molecular weight is 417 g/mol. The van der Waals surface area contributed by atoms with Crippen LogP contribution in [-0.4, -0.2) is 37.9 Å². The molecule has 0 bridgehead atoms. The van der Waals surface area contributed by atoms with Crippen molar-refractivity contribution in [3.8, 4) is 11.6 Å². The van der Waals surface area contributed by atoms with Gasteiger partial charge >= 0.3 is 6.18 Å². The van der Waals surface area contributed by atoms with Crippen LogP contribution in [0.1, 0.15) is 21.6 Å². The van der Waals surface area contributed by atoms with Crippen molar-refractivity contribution in [2.24, 2.45) is 5.73 Å². The smallest absolute Gasteiger partial charge is 0.433 e. The van der Waals surface area contributed by atoms with Crippen molar-refractivity contribution in [1.29, 1.82) is 0 Å². The fourth-order valence-corrected chi connectivity index (χ4v) is 2.62. The fourth-order valence-electron chi connectivity index (χ4n) is 2.15. The minimum atomic E-state index is -4.66. The van der Waals surface area contributed by atoms with Gasteiger partial charge in [-0.1, -0.05) is 6.07 Å². The van der Waals surface area contributed by atoms with Crippen molar-refractivity contribution >= 4 is 15.7 Å². The molecule has 0 aliphatic rings. The lowest BCUT2D eigenvalue weighted by Crippen LogP contribution is -2.28. The van der Waals surface area contributed by atoms with E-state index in [1.807, 2.05) is 0 Å². The van der Waals surface area contributed by atoms with Crippen molar-refractivity contribution in [1.82, 2.24) is 10.3 Å². The Hall–Kier alpha value is -2.66. The lowest BCUT2D eigenvalue weighted by molar-refractivity contribution is -0.141. The Balaban J connectivity index is 2.17. The maximum absolute atomic E-state index is 12.9. The molecule has 3 N–H and O–H groups in total. The van der Waals surface area contributed by atoms with Crippen molar-refractivity contribution in [3.05, 3.63) is 53.2 Å². The Kier molecular flexibility index (Phi) is 6.62. The molecule has 0 saturated heterocycles. The van der Waals surface area contributed by atoms with Crippen molar-refractivity contribution < 1.29 is 31.1 Å². The summed E-state index contributed by atoms with van der Waals surface area (Å²) in [6.07, 6.45) is -3.62. The lowest BCUT2D eigenvalue weighted by Gasteiger charge is -2.12. The first-order chi connectivity index (χ1) is 13.0. The molecule has 0 radical (unpaired) electrons. The second-order valence-electron chi connectivity index (χ2n) is 5.92. The first kappa shape index (κ1) is 21.6. The van der Waals surface area contributed by atoms with E-state index in [0.29, 0.717) is 0 Å². The number of pyridine rings is 1. The third-order valence-corrected chi connectivity index (χ3v) is 4.41.